The third-order valence-corrected chi connectivity index (χ3v) is 6.08. The lowest BCUT2D eigenvalue weighted by Gasteiger charge is -2.56. The average molecular weight is 388 g/mol. The third-order valence-electron chi connectivity index (χ3n) is 6.08. The van der Waals surface area contributed by atoms with Crippen LogP contribution in [0.2, 0.25) is 0 Å². The fraction of sp³-hybridized carbons (Fsp3) is 0.571. The number of carbonyl (C=O) groups excluding carboxylic acids is 1. The average Bonchev–Trinajstić information content (AvgIpc) is 2.61. The molecule has 0 saturated heterocycles. The van der Waals surface area contributed by atoms with Crippen molar-refractivity contribution in [2.45, 2.75) is 50.6 Å². The number of aliphatic carboxylic acids is 2. The van der Waals surface area contributed by atoms with E-state index in [1.165, 1.54) is 44.1 Å². The Kier molecular flexibility index (Phi) is 6.34. The van der Waals surface area contributed by atoms with Crippen LogP contribution in [0, 0.1) is 17.8 Å². The second kappa shape index (κ2) is 8.73. The van der Waals surface area contributed by atoms with Crippen LogP contribution >= 0.6 is 0 Å². The molecule has 0 spiro atoms. The molecule has 7 nitrogen and oxygen atoms in total. The van der Waals surface area contributed by atoms with Gasteiger partial charge < -0.3 is 20.8 Å². The Morgan fingerprint density at radius 3 is 1.86 bits per heavy atom. The Bertz CT molecular complexity index is 671. The van der Waals surface area contributed by atoms with Gasteiger partial charge in [0.15, 0.2) is 0 Å². The van der Waals surface area contributed by atoms with Crippen LogP contribution in [0.4, 0.5) is 0 Å². The van der Waals surface area contributed by atoms with E-state index in [4.69, 9.17) is 19.8 Å². The summed E-state index contributed by atoms with van der Waals surface area (Å²) in [6.07, 6.45) is 7.93. The van der Waals surface area contributed by atoms with Gasteiger partial charge in [0, 0.05) is 12.1 Å². The number of carboxylic acids is 2. The fourth-order valence-electron chi connectivity index (χ4n) is 5.52. The summed E-state index contributed by atoms with van der Waals surface area (Å²) in [5.74, 6) is -0.834. The molecule has 4 N–H and O–H groups in total. The van der Waals surface area contributed by atoms with Gasteiger partial charge in [0.05, 0.1) is 6.54 Å². The minimum Gasteiger partial charge on any atom is -0.473 e. The number of rotatable bonds is 5. The van der Waals surface area contributed by atoms with Gasteiger partial charge in [0.1, 0.15) is 0 Å². The Hall–Kier alpha value is -2.41. The molecule has 4 bridgehead atoms. The molecule has 0 aliphatic heterocycles. The first-order chi connectivity index (χ1) is 13.3. The van der Waals surface area contributed by atoms with Crippen molar-refractivity contribution in [3.8, 4) is 0 Å². The lowest BCUT2D eigenvalue weighted by molar-refractivity contribution is -0.159. The quantitative estimate of drug-likeness (QED) is 0.574. The van der Waals surface area contributed by atoms with Crippen molar-refractivity contribution in [3.05, 3.63) is 35.9 Å². The SMILES string of the molecule is O=C(CNCc1ccccc1)NC12CC3CC(CC(C3)C1)C2.O=C(O)C(=O)O. The van der Waals surface area contributed by atoms with Gasteiger partial charge in [-0.25, -0.2) is 9.59 Å². The molecule has 4 aliphatic rings. The number of hydrogen-bond donors (Lipinski definition) is 4. The zero-order valence-electron chi connectivity index (χ0n) is 15.9. The van der Waals surface area contributed by atoms with E-state index in [2.05, 4.69) is 22.8 Å². The van der Waals surface area contributed by atoms with Crippen LogP contribution in [-0.2, 0) is 20.9 Å². The highest BCUT2D eigenvalue weighted by molar-refractivity contribution is 6.27. The first-order valence-corrected chi connectivity index (χ1v) is 9.87. The van der Waals surface area contributed by atoms with Crippen LogP contribution in [0.25, 0.3) is 0 Å². The van der Waals surface area contributed by atoms with E-state index < -0.39 is 11.9 Å². The third kappa shape index (κ3) is 5.32. The van der Waals surface area contributed by atoms with E-state index in [0.29, 0.717) is 6.54 Å². The Balaban J connectivity index is 0.000000330. The molecule has 4 saturated carbocycles. The second-order valence-electron chi connectivity index (χ2n) is 8.45. The predicted molar refractivity (Wildman–Crippen MR) is 102 cm³/mol. The minimum absolute atomic E-state index is 0.139. The van der Waals surface area contributed by atoms with Gasteiger partial charge in [0.25, 0.3) is 0 Å². The highest BCUT2D eigenvalue weighted by Crippen LogP contribution is 2.55. The van der Waals surface area contributed by atoms with Gasteiger partial charge in [0.2, 0.25) is 5.91 Å². The van der Waals surface area contributed by atoms with Gasteiger partial charge in [-0.2, -0.15) is 0 Å². The molecule has 28 heavy (non-hydrogen) atoms. The molecular formula is C21H28N2O5. The van der Waals surface area contributed by atoms with Crippen LogP contribution in [-0.4, -0.2) is 40.1 Å². The Labute approximate surface area is 164 Å². The highest BCUT2D eigenvalue weighted by Gasteiger charge is 2.51. The van der Waals surface area contributed by atoms with E-state index in [9.17, 15) is 4.79 Å². The standard InChI is InChI=1S/C19H26N2O.C2H2O4/c22-18(13-20-12-14-4-2-1-3-5-14)21-19-9-15-6-16(10-19)8-17(7-15)11-19;3-1(4)2(5)6/h1-5,15-17,20H,6-13H2,(H,21,22);(H,3,4)(H,5,6). The van der Waals surface area contributed by atoms with Gasteiger partial charge in [-0.05, 0) is 61.8 Å². The summed E-state index contributed by atoms with van der Waals surface area (Å²) in [7, 11) is 0. The lowest BCUT2D eigenvalue weighted by Crippen LogP contribution is -2.60. The summed E-state index contributed by atoms with van der Waals surface area (Å²) in [4.78, 5) is 30.5. The summed E-state index contributed by atoms with van der Waals surface area (Å²) >= 11 is 0. The monoisotopic (exact) mass is 388 g/mol. The summed E-state index contributed by atoms with van der Waals surface area (Å²) < 4.78 is 0. The summed E-state index contributed by atoms with van der Waals surface area (Å²) in [5.41, 5.74) is 1.37. The normalized spacial score (nSPS) is 29.5. The summed E-state index contributed by atoms with van der Waals surface area (Å²) in [6, 6.07) is 10.3. The van der Waals surface area contributed by atoms with Gasteiger partial charge in [-0.15, -0.1) is 0 Å². The molecule has 0 atom stereocenters. The molecule has 7 heteroatoms. The molecule has 1 aromatic rings. The largest absolute Gasteiger partial charge is 0.473 e. The molecule has 152 valence electrons. The maximum absolute atomic E-state index is 12.3. The number of amides is 1. The van der Waals surface area contributed by atoms with Crippen LogP contribution in [0.3, 0.4) is 0 Å². The Morgan fingerprint density at radius 2 is 1.39 bits per heavy atom. The van der Waals surface area contributed by atoms with E-state index in [1.54, 1.807) is 0 Å². The fourth-order valence-corrected chi connectivity index (χ4v) is 5.52. The van der Waals surface area contributed by atoms with Crippen molar-refractivity contribution in [1.82, 2.24) is 10.6 Å². The molecule has 4 aliphatic carbocycles. The zero-order chi connectivity index (χ0) is 20.1. The maximum Gasteiger partial charge on any atom is 0.414 e. The summed E-state index contributed by atoms with van der Waals surface area (Å²) in [6.45, 7) is 1.19. The van der Waals surface area contributed by atoms with Gasteiger partial charge >= 0.3 is 11.9 Å². The number of nitrogens with one attached hydrogen (secondary N) is 2. The molecule has 1 aromatic carbocycles. The van der Waals surface area contributed by atoms with Crippen molar-refractivity contribution >= 4 is 17.8 Å². The smallest absolute Gasteiger partial charge is 0.414 e. The first-order valence-electron chi connectivity index (χ1n) is 9.87. The molecule has 0 heterocycles. The van der Waals surface area contributed by atoms with Crippen molar-refractivity contribution in [2.75, 3.05) is 6.54 Å². The predicted octanol–water partition coefficient (Wildman–Crippen LogP) is 2.02. The topological polar surface area (TPSA) is 116 Å². The zero-order valence-corrected chi connectivity index (χ0v) is 15.9. The van der Waals surface area contributed by atoms with Crippen LogP contribution in [0.1, 0.15) is 44.1 Å². The number of benzene rings is 1. The number of carboxylic acid groups (broad SMARTS) is 2. The van der Waals surface area contributed by atoms with E-state index in [0.717, 1.165) is 24.3 Å². The van der Waals surface area contributed by atoms with Crippen LogP contribution in [0.15, 0.2) is 30.3 Å². The molecule has 0 unspecified atom stereocenters. The first kappa shape index (κ1) is 20.3. The molecule has 0 radical (unpaired) electrons. The summed E-state index contributed by atoms with van der Waals surface area (Å²) in [5, 5.41) is 21.5. The number of carbonyl (C=O) groups is 3. The molecule has 1 amide bonds. The Morgan fingerprint density at radius 1 is 0.893 bits per heavy atom. The molecular weight excluding hydrogens is 360 g/mol. The van der Waals surface area contributed by atoms with Crippen LogP contribution in [0.5, 0.6) is 0 Å². The number of hydrogen-bond acceptors (Lipinski definition) is 4. The second-order valence-corrected chi connectivity index (χ2v) is 8.45. The van der Waals surface area contributed by atoms with Crippen LogP contribution < -0.4 is 10.6 Å². The van der Waals surface area contributed by atoms with E-state index in [1.807, 2.05) is 18.2 Å². The maximum atomic E-state index is 12.3. The molecule has 5 rings (SSSR count). The molecule has 0 aromatic heterocycles. The van der Waals surface area contributed by atoms with Crippen molar-refractivity contribution in [2.24, 2.45) is 17.8 Å². The van der Waals surface area contributed by atoms with E-state index >= 15 is 0 Å². The van der Waals surface area contributed by atoms with Gasteiger partial charge in [-0.1, -0.05) is 30.3 Å². The highest BCUT2D eigenvalue weighted by atomic mass is 16.4. The van der Waals surface area contributed by atoms with Crippen molar-refractivity contribution in [1.29, 1.82) is 0 Å². The van der Waals surface area contributed by atoms with Gasteiger partial charge in [-0.3, -0.25) is 4.79 Å². The lowest BCUT2D eigenvalue weighted by atomic mass is 9.53. The van der Waals surface area contributed by atoms with Crippen molar-refractivity contribution < 1.29 is 24.6 Å². The molecule has 4 fully saturated rings. The van der Waals surface area contributed by atoms with Crippen molar-refractivity contribution in [3.63, 3.8) is 0 Å². The minimum atomic E-state index is -1.82. The van der Waals surface area contributed by atoms with E-state index in [-0.39, 0.29) is 11.4 Å².